The Labute approximate surface area is 127 Å². The highest BCUT2D eigenvalue weighted by Crippen LogP contribution is 2.32. The van der Waals surface area contributed by atoms with Crippen LogP contribution >= 0.6 is 0 Å². The number of benzene rings is 1. The van der Waals surface area contributed by atoms with Crippen molar-refractivity contribution in [2.75, 3.05) is 0 Å². The number of nitrogens with zero attached hydrogens (tertiary/aromatic N) is 3. The van der Waals surface area contributed by atoms with E-state index in [4.69, 9.17) is 0 Å². The largest absolute Gasteiger partial charge is 0.227 e. The molecule has 1 atom stereocenters. The van der Waals surface area contributed by atoms with Gasteiger partial charge in [0.1, 0.15) is 11.6 Å². The molecule has 0 spiro atoms. The molecule has 0 saturated carbocycles. The standard InChI is InChI=1S/C17H17F2N3/c1-4-10(2)17-16(13-7-6-12(18)9-14(13)19)20-15-8-5-11(3)21-22(15)17/h5-10H,4H2,1-3H3. The number of halogens is 2. The number of aromatic nitrogens is 3. The average molecular weight is 301 g/mol. The fourth-order valence-corrected chi connectivity index (χ4v) is 2.56. The molecule has 1 unspecified atom stereocenters. The zero-order valence-electron chi connectivity index (χ0n) is 12.8. The van der Waals surface area contributed by atoms with Crippen LogP contribution in [0.25, 0.3) is 16.9 Å². The molecule has 0 amide bonds. The molecule has 0 radical (unpaired) electrons. The summed E-state index contributed by atoms with van der Waals surface area (Å²) in [6, 6.07) is 7.30. The lowest BCUT2D eigenvalue weighted by Gasteiger charge is -2.11. The summed E-state index contributed by atoms with van der Waals surface area (Å²) in [5.74, 6) is -1.04. The number of aryl methyl sites for hydroxylation is 1. The Balaban J connectivity index is 2.32. The summed E-state index contributed by atoms with van der Waals surface area (Å²) in [6.45, 7) is 6.01. The molecule has 0 N–H and O–H groups in total. The molecule has 0 bridgehead atoms. The molecule has 2 heterocycles. The van der Waals surface area contributed by atoms with Crippen LogP contribution in [0.2, 0.25) is 0 Å². The normalized spacial score (nSPS) is 12.8. The second kappa shape index (κ2) is 5.48. The molecule has 22 heavy (non-hydrogen) atoms. The molecule has 3 aromatic rings. The van der Waals surface area contributed by atoms with E-state index in [0.717, 1.165) is 23.9 Å². The summed E-state index contributed by atoms with van der Waals surface area (Å²) in [6.07, 6.45) is 0.874. The Morgan fingerprint density at radius 2 is 1.95 bits per heavy atom. The quantitative estimate of drug-likeness (QED) is 0.713. The minimum atomic E-state index is -0.607. The SMILES string of the molecule is CCC(C)c1c(-c2ccc(F)cc2F)nc2ccc(C)nn12. The second-order valence-electron chi connectivity index (χ2n) is 5.52. The summed E-state index contributed by atoms with van der Waals surface area (Å²) < 4.78 is 29.1. The van der Waals surface area contributed by atoms with Gasteiger partial charge in [0, 0.05) is 17.5 Å². The lowest BCUT2D eigenvalue weighted by atomic mass is 9.99. The maximum absolute atomic E-state index is 14.2. The van der Waals surface area contributed by atoms with Gasteiger partial charge in [-0.15, -0.1) is 0 Å². The minimum absolute atomic E-state index is 0.156. The molecule has 0 aliphatic rings. The van der Waals surface area contributed by atoms with E-state index in [-0.39, 0.29) is 5.92 Å². The predicted octanol–water partition coefficient (Wildman–Crippen LogP) is 4.50. The highest BCUT2D eigenvalue weighted by atomic mass is 19.1. The average Bonchev–Trinajstić information content (AvgIpc) is 2.84. The van der Waals surface area contributed by atoms with E-state index < -0.39 is 11.6 Å². The van der Waals surface area contributed by atoms with Crippen LogP contribution in [0.15, 0.2) is 30.3 Å². The Morgan fingerprint density at radius 3 is 2.64 bits per heavy atom. The van der Waals surface area contributed by atoms with E-state index in [2.05, 4.69) is 23.9 Å². The maximum Gasteiger partial charge on any atom is 0.154 e. The number of hydrogen-bond donors (Lipinski definition) is 0. The van der Waals surface area contributed by atoms with Gasteiger partial charge in [0.25, 0.3) is 0 Å². The van der Waals surface area contributed by atoms with Gasteiger partial charge in [0.05, 0.1) is 17.1 Å². The van der Waals surface area contributed by atoms with Crippen molar-refractivity contribution >= 4 is 5.65 Å². The van der Waals surface area contributed by atoms with Crippen molar-refractivity contribution in [1.29, 1.82) is 0 Å². The van der Waals surface area contributed by atoms with Crippen LogP contribution in [-0.4, -0.2) is 14.6 Å². The molecule has 0 aliphatic heterocycles. The van der Waals surface area contributed by atoms with Crippen molar-refractivity contribution < 1.29 is 8.78 Å². The molecule has 0 saturated heterocycles. The predicted molar refractivity (Wildman–Crippen MR) is 81.8 cm³/mol. The molecule has 3 nitrogen and oxygen atoms in total. The first-order chi connectivity index (χ1) is 10.5. The van der Waals surface area contributed by atoms with Gasteiger partial charge in [-0.25, -0.2) is 18.3 Å². The van der Waals surface area contributed by atoms with E-state index in [0.29, 0.717) is 16.9 Å². The fourth-order valence-electron chi connectivity index (χ4n) is 2.56. The van der Waals surface area contributed by atoms with Gasteiger partial charge >= 0.3 is 0 Å². The highest BCUT2D eigenvalue weighted by molar-refractivity contribution is 5.67. The minimum Gasteiger partial charge on any atom is -0.227 e. The Morgan fingerprint density at radius 1 is 1.18 bits per heavy atom. The van der Waals surface area contributed by atoms with Crippen molar-refractivity contribution in [3.63, 3.8) is 0 Å². The van der Waals surface area contributed by atoms with Crippen molar-refractivity contribution in [1.82, 2.24) is 14.6 Å². The Hall–Kier alpha value is -2.30. The molecule has 5 heteroatoms. The van der Waals surface area contributed by atoms with Crippen molar-refractivity contribution in [2.24, 2.45) is 0 Å². The van der Waals surface area contributed by atoms with Gasteiger partial charge in [-0.05, 0) is 37.6 Å². The van der Waals surface area contributed by atoms with Crippen LogP contribution < -0.4 is 0 Å². The van der Waals surface area contributed by atoms with E-state index >= 15 is 0 Å². The zero-order chi connectivity index (χ0) is 15.9. The van der Waals surface area contributed by atoms with Crippen LogP contribution in [0.3, 0.4) is 0 Å². The molecule has 114 valence electrons. The van der Waals surface area contributed by atoms with E-state index in [9.17, 15) is 8.78 Å². The first-order valence-corrected chi connectivity index (χ1v) is 7.33. The molecule has 2 aromatic heterocycles. The molecule has 1 aromatic carbocycles. The molecule has 0 aliphatic carbocycles. The monoisotopic (exact) mass is 301 g/mol. The molecular formula is C17H17F2N3. The number of hydrogen-bond acceptors (Lipinski definition) is 2. The molecular weight excluding hydrogens is 284 g/mol. The summed E-state index contributed by atoms with van der Waals surface area (Å²) in [7, 11) is 0. The van der Waals surface area contributed by atoms with Gasteiger partial charge in [-0.1, -0.05) is 13.8 Å². The Kier molecular flexibility index (Phi) is 3.64. The number of rotatable bonds is 3. The van der Waals surface area contributed by atoms with Gasteiger partial charge in [-0.3, -0.25) is 0 Å². The van der Waals surface area contributed by atoms with Crippen molar-refractivity contribution in [3.8, 4) is 11.3 Å². The third-order valence-electron chi connectivity index (χ3n) is 3.91. The fraction of sp³-hybridized carbons (Fsp3) is 0.294. The zero-order valence-corrected chi connectivity index (χ0v) is 12.8. The summed E-state index contributed by atoms with van der Waals surface area (Å²) in [4.78, 5) is 4.52. The molecule has 3 rings (SSSR count). The Bertz CT molecular complexity index is 839. The summed E-state index contributed by atoms with van der Waals surface area (Å²) >= 11 is 0. The number of imidazole rings is 1. The maximum atomic E-state index is 14.2. The molecule has 0 fully saturated rings. The van der Waals surface area contributed by atoms with Gasteiger partial charge in [0.15, 0.2) is 5.65 Å². The third-order valence-corrected chi connectivity index (χ3v) is 3.91. The summed E-state index contributed by atoms with van der Waals surface area (Å²) in [5.41, 5.74) is 3.22. The summed E-state index contributed by atoms with van der Waals surface area (Å²) in [5, 5.41) is 4.50. The van der Waals surface area contributed by atoms with Crippen molar-refractivity contribution in [3.05, 3.63) is 53.4 Å². The lowest BCUT2D eigenvalue weighted by molar-refractivity contribution is 0.584. The van der Waals surface area contributed by atoms with Crippen LogP contribution in [-0.2, 0) is 0 Å². The first-order valence-electron chi connectivity index (χ1n) is 7.33. The lowest BCUT2D eigenvalue weighted by Crippen LogP contribution is -2.04. The smallest absolute Gasteiger partial charge is 0.154 e. The third kappa shape index (κ3) is 2.36. The van der Waals surface area contributed by atoms with E-state index in [1.807, 2.05) is 19.1 Å². The van der Waals surface area contributed by atoms with Gasteiger partial charge in [0.2, 0.25) is 0 Å². The topological polar surface area (TPSA) is 30.2 Å². The number of fused-ring (bicyclic) bond motifs is 1. The van der Waals surface area contributed by atoms with Gasteiger partial charge < -0.3 is 0 Å². The van der Waals surface area contributed by atoms with Crippen LogP contribution in [0, 0.1) is 18.6 Å². The first kappa shape index (κ1) is 14.6. The highest BCUT2D eigenvalue weighted by Gasteiger charge is 2.21. The van der Waals surface area contributed by atoms with Gasteiger partial charge in [-0.2, -0.15) is 5.10 Å². The van der Waals surface area contributed by atoms with Crippen LogP contribution in [0.1, 0.15) is 37.6 Å². The van der Waals surface area contributed by atoms with E-state index in [1.165, 1.54) is 12.1 Å². The van der Waals surface area contributed by atoms with Crippen LogP contribution in [0.4, 0.5) is 8.78 Å². The van der Waals surface area contributed by atoms with E-state index in [1.54, 1.807) is 4.52 Å². The van der Waals surface area contributed by atoms with Crippen molar-refractivity contribution in [2.45, 2.75) is 33.1 Å². The van der Waals surface area contributed by atoms with Crippen LogP contribution in [0.5, 0.6) is 0 Å². The second-order valence-corrected chi connectivity index (χ2v) is 5.52.